The van der Waals surface area contributed by atoms with Crippen LogP contribution in [0.3, 0.4) is 0 Å². The molecule has 1 amide bonds. The maximum atomic E-state index is 10.9. The molecule has 0 radical (unpaired) electrons. The van der Waals surface area contributed by atoms with Crippen molar-refractivity contribution in [2.75, 3.05) is 5.73 Å². The number of primary amides is 1. The molecule has 0 fully saturated rings. The van der Waals surface area contributed by atoms with Crippen LogP contribution in [0.2, 0.25) is 0 Å². The summed E-state index contributed by atoms with van der Waals surface area (Å²) in [4.78, 5) is 10.9. The van der Waals surface area contributed by atoms with Gasteiger partial charge >= 0.3 is 0 Å². The number of benzene rings is 1. The van der Waals surface area contributed by atoms with Crippen LogP contribution < -0.4 is 11.5 Å². The van der Waals surface area contributed by atoms with Crippen LogP contribution in [-0.4, -0.2) is 5.91 Å². The zero-order valence-corrected chi connectivity index (χ0v) is 7.97. The summed E-state index contributed by atoms with van der Waals surface area (Å²) in [5.41, 5.74) is 12.5. The van der Waals surface area contributed by atoms with Crippen molar-refractivity contribution in [3.8, 4) is 0 Å². The van der Waals surface area contributed by atoms with Crippen LogP contribution in [0.4, 0.5) is 5.69 Å². The van der Waals surface area contributed by atoms with Crippen molar-refractivity contribution in [3.63, 3.8) is 0 Å². The Balaban J connectivity index is 3.21. The minimum atomic E-state index is -0.447. The van der Waals surface area contributed by atoms with Gasteiger partial charge in [0.1, 0.15) is 0 Å². The Morgan fingerprint density at radius 1 is 1.50 bits per heavy atom. The number of hydrogen-bond acceptors (Lipinski definition) is 2. The summed E-state index contributed by atoms with van der Waals surface area (Å²) < 4.78 is 0. The largest absolute Gasteiger partial charge is 0.399 e. The summed E-state index contributed by atoms with van der Waals surface area (Å²) in [6.07, 6.45) is 0. The van der Waals surface area contributed by atoms with Gasteiger partial charge in [-0.15, -0.1) is 0 Å². The Bertz CT molecular complexity index is 312. The van der Waals surface area contributed by atoms with Gasteiger partial charge in [-0.25, -0.2) is 0 Å². The van der Waals surface area contributed by atoms with Gasteiger partial charge in [-0.2, -0.15) is 0 Å². The monoisotopic (exact) mass is 228 g/mol. The number of amides is 1. The molecule has 4 heteroatoms. The number of halogens is 1. The van der Waals surface area contributed by atoms with E-state index in [0.29, 0.717) is 16.6 Å². The Kier molecular flexibility index (Phi) is 2.70. The first-order valence-electron chi connectivity index (χ1n) is 3.39. The number of hydrogen-bond donors (Lipinski definition) is 2. The van der Waals surface area contributed by atoms with Gasteiger partial charge < -0.3 is 11.5 Å². The highest BCUT2D eigenvalue weighted by Crippen LogP contribution is 2.15. The van der Waals surface area contributed by atoms with E-state index in [4.69, 9.17) is 11.5 Å². The second-order valence-corrected chi connectivity index (χ2v) is 2.98. The van der Waals surface area contributed by atoms with Crippen LogP contribution in [0.1, 0.15) is 15.9 Å². The van der Waals surface area contributed by atoms with Gasteiger partial charge in [0.25, 0.3) is 0 Å². The summed E-state index contributed by atoms with van der Waals surface area (Å²) in [6.45, 7) is 0. The molecular weight excluding hydrogens is 220 g/mol. The van der Waals surface area contributed by atoms with Crippen molar-refractivity contribution in [2.24, 2.45) is 5.73 Å². The molecule has 0 aliphatic heterocycles. The van der Waals surface area contributed by atoms with Gasteiger partial charge in [0.05, 0.1) is 0 Å². The molecule has 0 bridgehead atoms. The van der Waals surface area contributed by atoms with Gasteiger partial charge in [0.15, 0.2) is 0 Å². The van der Waals surface area contributed by atoms with E-state index in [1.54, 1.807) is 18.2 Å². The third kappa shape index (κ3) is 1.76. The first kappa shape index (κ1) is 9.06. The SMILES string of the molecule is NC(=O)c1cc(N)ccc1CBr. The first-order chi connectivity index (χ1) is 5.65. The normalized spacial score (nSPS) is 9.75. The van der Waals surface area contributed by atoms with Crippen LogP contribution in [0.25, 0.3) is 0 Å². The van der Waals surface area contributed by atoms with Crippen molar-refractivity contribution in [2.45, 2.75) is 5.33 Å². The van der Waals surface area contributed by atoms with Crippen molar-refractivity contribution < 1.29 is 4.79 Å². The van der Waals surface area contributed by atoms with Gasteiger partial charge in [0, 0.05) is 16.6 Å². The summed E-state index contributed by atoms with van der Waals surface area (Å²) in [5, 5.41) is 0.603. The third-order valence-corrected chi connectivity index (χ3v) is 2.15. The highest BCUT2D eigenvalue weighted by molar-refractivity contribution is 9.08. The van der Waals surface area contributed by atoms with E-state index < -0.39 is 5.91 Å². The predicted octanol–water partition coefficient (Wildman–Crippen LogP) is 1.26. The third-order valence-electron chi connectivity index (χ3n) is 1.54. The molecule has 0 aromatic heterocycles. The lowest BCUT2D eigenvalue weighted by Gasteiger charge is -2.03. The molecule has 0 aliphatic rings. The lowest BCUT2D eigenvalue weighted by atomic mass is 10.1. The maximum Gasteiger partial charge on any atom is 0.249 e. The number of carbonyl (C=O) groups is 1. The highest BCUT2D eigenvalue weighted by Gasteiger charge is 2.06. The molecule has 1 aromatic carbocycles. The molecule has 1 aromatic rings. The molecule has 4 N–H and O–H groups in total. The molecule has 0 saturated heterocycles. The van der Waals surface area contributed by atoms with Gasteiger partial charge in [-0.1, -0.05) is 22.0 Å². The van der Waals surface area contributed by atoms with Crippen LogP contribution >= 0.6 is 15.9 Å². The van der Waals surface area contributed by atoms with E-state index in [9.17, 15) is 4.79 Å². The summed E-state index contributed by atoms with van der Waals surface area (Å²) in [7, 11) is 0. The number of nitrogens with two attached hydrogens (primary N) is 2. The number of alkyl halides is 1. The molecule has 0 spiro atoms. The van der Waals surface area contributed by atoms with Crippen LogP contribution in [0.15, 0.2) is 18.2 Å². The predicted molar refractivity (Wildman–Crippen MR) is 52.0 cm³/mol. The first-order valence-corrected chi connectivity index (χ1v) is 4.51. The fourth-order valence-corrected chi connectivity index (χ4v) is 1.43. The Morgan fingerprint density at radius 3 is 2.67 bits per heavy atom. The molecule has 3 nitrogen and oxygen atoms in total. The summed E-state index contributed by atoms with van der Waals surface area (Å²) >= 11 is 3.25. The number of carbonyl (C=O) groups excluding carboxylic acids is 1. The zero-order valence-electron chi connectivity index (χ0n) is 6.38. The van der Waals surface area contributed by atoms with Crippen LogP contribution in [-0.2, 0) is 5.33 Å². The molecule has 0 saturated carbocycles. The molecule has 64 valence electrons. The fraction of sp³-hybridized carbons (Fsp3) is 0.125. The lowest BCUT2D eigenvalue weighted by Crippen LogP contribution is -2.13. The quantitative estimate of drug-likeness (QED) is 0.592. The standard InChI is InChI=1S/C8H9BrN2O/c9-4-5-1-2-6(10)3-7(5)8(11)12/h1-3H,4,10H2,(H2,11,12). The Labute approximate surface area is 78.9 Å². The molecule has 1 rings (SSSR count). The second kappa shape index (κ2) is 3.58. The smallest absolute Gasteiger partial charge is 0.249 e. The number of rotatable bonds is 2. The molecule has 0 aliphatic carbocycles. The zero-order chi connectivity index (χ0) is 9.14. The highest BCUT2D eigenvalue weighted by atomic mass is 79.9. The fourth-order valence-electron chi connectivity index (χ4n) is 0.940. The average molecular weight is 229 g/mol. The maximum absolute atomic E-state index is 10.9. The van der Waals surface area contributed by atoms with Crippen molar-refractivity contribution in [1.82, 2.24) is 0 Å². The molecular formula is C8H9BrN2O. The summed E-state index contributed by atoms with van der Waals surface area (Å²) in [6, 6.07) is 5.10. The lowest BCUT2D eigenvalue weighted by molar-refractivity contribution is 0.0999. The van der Waals surface area contributed by atoms with Crippen molar-refractivity contribution in [1.29, 1.82) is 0 Å². The van der Waals surface area contributed by atoms with E-state index in [1.807, 2.05) is 0 Å². The van der Waals surface area contributed by atoms with E-state index in [2.05, 4.69) is 15.9 Å². The van der Waals surface area contributed by atoms with Crippen molar-refractivity contribution in [3.05, 3.63) is 29.3 Å². The molecule has 0 heterocycles. The number of nitrogen functional groups attached to an aromatic ring is 1. The molecule has 12 heavy (non-hydrogen) atoms. The summed E-state index contributed by atoms with van der Waals surface area (Å²) in [5.74, 6) is -0.447. The van der Waals surface area contributed by atoms with E-state index in [1.165, 1.54) is 0 Å². The topological polar surface area (TPSA) is 69.1 Å². The van der Waals surface area contributed by atoms with Gasteiger partial charge in [-0.05, 0) is 17.7 Å². The average Bonchev–Trinajstić information content (AvgIpc) is 2.04. The minimum Gasteiger partial charge on any atom is -0.399 e. The van der Waals surface area contributed by atoms with Gasteiger partial charge in [0.2, 0.25) is 5.91 Å². The van der Waals surface area contributed by atoms with Gasteiger partial charge in [-0.3, -0.25) is 4.79 Å². The van der Waals surface area contributed by atoms with E-state index in [0.717, 1.165) is 5.56 Å². The van der Waals surface area contributed by atoms with Crippen LogP contribution in [0, 0.1) is 0 Å². The van der Waals surface area contributed by atoms with Crippen molar-refractivity contribution >= 4 is 27.5 Å². The van der Waals surface area contributed by atoms with Crippen LogP contribution in [0.5, 0.6) is 0 Å². The molecule has 0 unspecified atom stereocenters. The van der Waals surface area contributed by atoms with E-state index >= 15 is 0 Å². The Hall–Kier alpha value is -1.03. The minimum absolute atomic E-state index is 0.447. The Morgan fingerprint density at radius 2 is 2.17 bits per heavy atom. The van der Waals surface area contributed by atoms with E-state index in [-0.39, 0.29) is 0 Å². The second-order valence-electron chi connectivity index (χ2n) is 2.41. The molecule has 0 atom stereocenters. The number of anilines is 1.